The highest BCUT2D eigenvalue weighted by molar-refractivity contribution is 5.92. The van der Waals surface area contributed by atoms with Gasteiger partial charge in [-0.1, -0.05) is 12.1 Å². The van der Waals surface area contributed by atoms with Crippen LogP contribution in [0, 0.1) is 5.82 Å². The lowest BCUT2D eigenvalue weighted by Crippen LogP contribution is -2.05. The van der Waals surface area contributed by atoms with E-state index < -0.39 is 5.97 Å². The van der Waals surface area contributed by atoms with Gasteiger partial charge in [-0.3, -0.25) is 0 Å². The molecule has 20 heavy (non-hydrogen) atoms. The van der Waals surface area contributed by atoms with Gasteiger partial charge in [0.05, 0.1) is 7.11 Å². The Hall–Kier alpha value is -2.56. The van der Waals surface area contributed by atoms with Crippen LogP contribution < -0.4 is 4.74 Å². The minimum Gasteiger partial charge on any atom is -0.507 e. The predicted octanol–water partition coefficient (Wildman–Crippen LogP) is 2.90. The average Bonchev–Trinajstić information content (AvgIpc) is 2.46. The van der Waals surface area contributed by atoms with Crippen LogP contribution >= 0.6 is 0 Å². The Kier molecular flexibility index (Phi) is 4.20. The molecule has 0 bridgehead atoms. The summed E-state index contributed by atoms with van der Waals surface area (Å²) in [6.45, 7) is 0.00455. The summed E-state index contributed by atoms with van der Waals surface area (Å²) >= 11 is 0. The Morgan fingerprint density at radius 3 is 2.50 bits per heavy atom. The first-order valence-corrected chi connectivity index (χ1v) is 5.88. The number of carbonyl (C=O) groups is 1. The van der Waals surface area contributed by atoms with Gasteiger partial charge in [-0.25, -0.2) is 9.18 Å². The molecule has 0 heterocycles. The van der Waals surface area contributed by atoms with Gasteiger partial charge in [0.25, 0.3) is 0 Å². The van der Waals surface area contributed by atoms with E-state index in [-0.39, 0.29) is 23.7 Å². The number of methoxy groups -OCH3 is 1. The highest BCUT2D eigenvalue weighted by Crippen LogP contribution is 2.24. The standard InChI is InChI=1S/C15H13FO4/c1-19-12-6-7-13(14(17)8-12)15(18)20-9-10-2-4-11(16)5-3-10/h2-8,17H,9H2,1H3. The molecule has 0 radical (unpaired) electrons. The molecule has 0 aliphatic heterocycles. The van der Waals surface area contributed by atoms with E-state index in [9.17, 15) is 14.3 Å². The molecule has 0 saturated heterocycles. The molecule has 0 atom stereocenters. The zero-order chi connectivity index (χ0) is 14.5. The van der Waals surface area contributed by atoms with Crippen LogP contribution in [0.1, 0.15) is 15.9 Å². The number of rotatable bonds is 4. The van der Waals surface area contributed by atoms with E-state index >= 15 is 0 Å². The van der Waals surface area contributed by atoms with Crippen molar-refractivity contribution in [1.29, 1.82) is 0 Å². The minimum absolute atomic E-state index is 0.00455. The smallest absolute Gasteiger partial charge is 0.342 e. The van der Waals surface area contributed by atoms with Crippen LogP contribution in [-0.4, -0.2) is 18.2 Å². The molecule has 4 nitrogen and oxygen atoms in total. The van der Waals surface area contributed by atoms with Crippen LogP contribution in [0.2, 0.25) is 0 Å². The molecule has 2 rings (SSSR count). The van der Waals surface area contributed by atoms with Gasteiger partial charge in [-0.2, -0.15) is 0 Å². The Labute approximate surface area is 115 Å². The summed E-state index contributed by atoms with van der Waals surface area (Å²) in [5.41, 5.74) is 0.709. The van der Waals surface area contributed by atoms with Gasteiger partial charge < -0.3 is 14.6 Å². The number of esters is 1. The SMILES string of the molecule is COc1ccc(C(=O)OCc2ccc(F)cc2)c(O)c1. The third kappa shape index (κ3) is 3.26. The number of aromatic hydroxyl groups is 1. The van der Waals surface area contributed by atoms with Gasteiger partial charge in [0.1, 0.15) is 29.5 Å². The summed E-state index contributed by atoms with van der Waals surface area (Å²) in [4.78, 5) is 11.8. The van der Waals surface area contributed by atoms with E-state index in [2.05, 4.69) is 0 Å². The van der Waals surface area contributed by atoms with Crippen LogP contribution in [0.3, 0.4) is 0 Å². The van der Waals surface area contributed by atoms with Crippen molar-refractivity contribution in [2.24, 2.45) is 0 Å². The first-order chi connectivity index (χ1) is 9.60. The van der Waals surface area contributed by atoms with Crippen LogP contribution in [-0.2, 0) is 11.3 Å². The molecular weight excluding hydrogens is 263 g/mol. The van der Waals surface area contributed by atoms with Gasteiger partial charge in [0.15, 0.2) is 0 Å². The van der Waals surface area contributed by atoms with E-state index in [1.54, 1.807) is 6.07 Å². The van der Waals surface area contributed by atoms with E-state index in [1.807, 2.05) is 0 Å². The van der Waals surface area contributed by atoms with Crippen molar-refractivity contribution in [3.63, 3.8) is 0 Å². The molecule has 0 saturated carbocycles. The van der Waals surface area contributed by atoms with Crippen LogP contribution in [0.5, 0.6) is 11.5 Å². The quantitative estimate of drug-likeness (QED) is 0.872. The van der Waals surface area contributed by atoms with E-state index in [0.717, 1.165) is 0 Å². The summed E-state index contributed by atoms with van der Waals surface area (Å²) in [6, 6.07) is 9.92. The second kappa shape index (κ2) is 6.06. The Bertz CT molecular complexity index is 608. The first kappa shape index (κ1) is 13.9. The molecule has 0 aliphatic rings. The fourth-order valence-corrected chi connectivity index (χ4v) is 1.62. The van der Waals surface area contributed by atoms with Crippen molar-refractivity contribution >= 4 is 5.97 Å². The molecule has 0 aliphatic carbocycles. The van der Waals surface area contributed by atoms with Gasteiger partial charge in [0, 0.05) is 6.07 Å². The number of carbonyl (C=O) groups excluding carboxylic acids is 1. The van der Waals surface area contributed by atoms with Gasteiger partial charge in [-0.05, 0) is 29.8 Å². The summed E-state index contributed by atoms with van der Waals surface area (Å²) in [5, 5.41) is 9.70. The highest BCUT2D eigenvalue weighted by atomic mass is 19.1. The number of halogens is 1. The topological polar surface area (TPSA) is 55.8 Å². The third-order valence-electron chi connectivity index (χ3n) is 2.71. The van der Waals surface area contributed by atoms with Crippen molar-refractivity contribution in [2.75, 3.05) is 7.11 Å². The number of benzene rings is 2. The fraction of sp³-hybridized carbons (Fsp3) is 0.133. The van der Waals surface area contributed by atoms with Gasteiger partial charge >= 0.3 is 5.97 Å². The molecule has 2 aromatic rings. The van der Waals surface area contributed by atoms with Crippen molar-refractivity contribution < 1.29 is 23.8 Å². The third-order valence-corrected chi connectivity index (χ3v) is 2.71. The second-order valence-electron chi connectivity index (χ2n) is 4.09. The molecule has 5 heteroatoms. The molecule has 1 N–H and O–H groups in total. The fourth-order valence-electron chi connectivity index (χ4n) is 1.62. The molecule has 0 aromatic heterocycles. The molecule has 0 amide bonds. The summed E-state index contributed by atoms with van der Waals surface area (Å²) in [6.07, 6.45) is 0. The number of phenols is 1. The first-order valence-electron chi connectivity index (χ1n) is 5.88. The molecule has 104 valence electrons. The highest BCUT2D eigenvalue weighted by Gasteiger charge is 2.13. The van der Waals surface area contributed by atoms with Crippen molar-refractivity contribution in [3.8, 4) is 11.5 Å². The molecule has 0 spiro atoms. The number of hydrogen-bond acceptors (Lipinski definition) is 4. The minimum atomic E-state index is -0.658. The lowest BCUT2D eigenvalue weighted by Gasteiger charge is -2.07. The summed E-state index contributed by atoms with van der Waals surface area (Å²) in [7, 11) is 1.46. The maximum atomic E-state index is 12.7. The lowest BCUT2D eigenvalue weighted by atomic mass is 10.2. The maximum Gasteiger partial charge on any atom is 0.342 e. The van der Waals surface area contributed by atoms with Crippen molar-refractivity contribution in [1.82, 2.24) is 0 Å². The van der Waals surface area contributed by atoms with Crippen LogP contribution in [0.15, 0.2) is 42.5 Å². The number of hydrogen-bond donors (Lipinski definition) is 1. The maximum absolute atomic E-state index is 12.7. The van der Waals surface area contributed by atoms with Gasteiger partial charge in [-0.15, -0.1) is 0 Å². The zero-order valence-corrected chi connectivity index (χ0v) is 10.8. The van der Waals surface area contributed by atoms with E-state index in [0.29, 0.717) is 11.3 Å². The number of phenolic OH excluding ortho intramolecular Hbond substituents is 1. The van der Waals surface area contributed by atoms with Crippen LogP contribution in [0.4, 0.5) is 4.39 Å². The normalized spacial score (nSPS) is 10.1. The Balaban J connectivity index is 2.03. The van der Waals surface area contributed by atoms with Crippen molar-refractivity contribution in [3.05, 3.63) is 59.4 Å². The average molecular weight is 276 g/mol. The Morgan fingerprint density at radius 2 is 1.90 bits per heavy atom. The van der Waals surface area contributed by atoms with Crippen molar-refractivity contribution in [2.45, 2.75) is 6.61 Å². The van der Waals surface area contributed by atoms with Gasteiger partial charge in [0.2, 0.25) is 0 Å². The number of ether oxygens (including phenoxy) is 2. The van der Waals surface area contributed by atoms with E-state index in [1.165, 1.54) is 43.5 Å². The van der Waals surface area contributed by atoms with E-state index in [4.69, 9.17) is 9.47 Å². The molecule has 2 aromatic carbocycles. The van der Waals surface area contributed by atoms with Crippen LogP contribution in [0.25, 0.3) is 0 Å². The molecular formula is C15H13FO4. The zero-order valence-electron chi connectivity index (χ0n) is 10.8. The Morgan fingerprint density at radius 1 is 1.20 bits per heavy atom. The molecule has 0 fully saturated rings. The summed E-state index contributed by atoms with van der Waals surface area (Å²) < 4.78 is 22.7. The monoisotopic (exact) mass is 276 g/mol. The predicted molar refractivity (Wildman–Crippen MR) is 70.2 cm³/mol. The summed E-state index contributed by atoms with van der Waals surface area (Å²) in [5.74, 6) is -0.784. The lowest BCUT2D eigenvalue weighted by molar-refractivity contribution is 0.0469. The molecule has 0 unspecified atom stereocenters. The largest absolute Gasteiger partial charge is 0.507 e. The second-order valence-corrected chi connectivity index (χ2v) is 4.09.